The number of carbonyl (C=O) groups excluding carboxylic acids is 2. The van der Waals surface area contributed by atoms with E-state index in [1.165, 1.54) is 12.1 Å². The first-order chi connectivity index (χ1) is 12.4. The zero-order chi connectivity index (χ0) is 19.2. The fourth-order valence-corrected chi connectivity index (χ4v) is 2.75. The number of hydrogen-bond acceptors (Lipinski definition) is 3. The van der Waals surface area contributed by atoms with Gasteiger partial charge in [-0.05, 0) is 30.2 Å². The number of ether oxygens (including phenoxy) is 1. The summed E-state index contributed by atoms with van der Waals surface area (Å²) in [5.41, 5.74) is 0.389. The fraction of sp³-hybridized carbons (Fsp3) is 0.263. The molecule has 0 heterocycles. The molecular weight excluding hydrogens is 359 g/mol. The lowest BCUT2D eigenvalue weighted by Crippen LogP contribution is -2.45. The molecule has 0 aliphatic rings. The van der Waals surface area contributed by atoms with Crippen LogP contribution in [-0.4, -0.2) is 25.5 Å². The van der Waals surface area contributed by atoms with E-state index in [4.69, 9.17) is 16.3 Å². The number of methoxy groups -OCH3 is 1. The van der Waals surface area contributed by atoms with Crippen molar-refractivity contribution in [2.75, 3.05) is 19.0 Å². The third-order valence-electron chi connectivity index (χ3n) is 4.18. The Balaban J connectivity index is 2.03. The summed E-state index contributed by atoms with van der Waals surface area (Å²) in [6, 6.07) is 13.1. The quantitative estimate of drug-likeness (QED) is 0.756. The van der Waals surface area contributed by atoms with Gasteiger partial charge >= 0.3 is 11.8 Å². The monoisotopic (exact) mass is 378 g/mol. The summed E-state index contributed by atoms with van der Waals surface area (Å²) < 4.78 is 18.8. The first-order valence-electron chi connectivity index (χ1n) is 8.07. The van der Waals surface area contributed by atoms with Crippen molar-refractivity contribution in [3.63, 3.8) is 0 Å². The molecule has 5 nitrogen and oxygen atoms in total. The Morgan fingerprint density at radius 2 is 1.85 bits per heavy atom. The van der Waals surface area contributed by atoms with Crippen molar-refractivity contribution < 1.29 is 18.7 Å². The molecule has 0 aliphatic heterocycles. The average molecular weight is 379 g/mol. The van der Waals surface area contributed by atoms with Crippen LogP contribution >= 0.6 is 11.6 Å². The molecule has 0 spiro atoms. The predicted molar refractivity (Wildman–Crippen MR) is 98.5 cm³/mol. The van der Waals surface area contributed by atoms with E-state index in [9.17, 15) is 14.0 Å². The van der Waals surface area contributed by atoms with Crippen LogP contribution in [0.4, 0.5) is 10.1 Å². The van der Waals surface area contributed by atoms with Crippen LogP contribution in [0.5, 0.6) is 0 Å². The van der Waals surface area contributed by atoms with E-state index < -0.39 is 23.2 Å². The Morgan fingerprint density at radius 3 is 2.42 bits per heavy atom. The summed E-state index contributed by atoms with van der Waals surface area (Å²) in [4.78, 5) is 24.2. The SMILES string of the molecule is CCC(CNC(=O)C(=O)Nc1ccc(F)c(Cl)c1)(OC)c1ccccc1. The molecule has 2 amide bonds. The highest BCUT2D eigenvalue weighted by molar-refractivity contribution is 6.39. The highest BCUT2D eigenvalue weighted by atomic mass is 35.5. The summed E-state index contributed by atoms with van der Waals surface area (Å²) >= 11 is 5.66. The summed E-state index contributed by atoms with van der Waals surface area (Å²) in [6.07, 6.45) is 0.600. The minimum absolute atomic E-state index is 0.125. The predicted octanol–water partition coefficient (Wildman–Crippen LogP) is 3.49. The maximum absolute atomic E-state index is 13.1. The van der Waals surface area contributed by atoms with Crippen LogP contribution < -0.4 is 10.6 Å². The number of benzene rings is 2. The van der Waals surface area contributed by atoms with Gasteiger partial charge in [-0.25, -0.2) is 4.39 Å². The Morgan fingerprint density at radius 1 is 1.15 bits per heavy atom. The highest BCUT2D eigenvalue weighted by Crippen LogP contribution is 2.28. The van der Waals surface area contributed by atoms with Crippen LogP contribution in [0.1, 0.15) is 18.9 Å². The van der Waals surface area contributed by atoms with Crippen LogP contribution in [0.15, 0.2) is 48.5 Å². The van der Waals surface area contributed by atoms with Gasteiger partial charge in [0, 0.05) is 12.8 Å². The Kier molecular flexibility index (Phi) is 6.71. The van der Waals surface area contributed by atoms with E-state index in [2.05, 4.69) is 10.6 Å². The van der Waals surface area contributed by atoms with Crippen molar-refractivity contribution in [1.29, 1.82) is 0 Å². The van der Waals surface area contributed by atoms with Gasteiger partial charge in [0.15, 0.2) is 0 Å². The van der Waals surface area contributed by atoms with Gasteiger partial charge in [-0.15, -0.1) is 0 Å². The fourth-order valence-electron chi connectivity index (χ4n) is 2.57. The zero-order valence-electron chi connectivity index (χ0n) is 14.5. The molecule has 0 fully saturated rings. The summed E-state index contributed by atoms with van der Waals surface area (Å²) in [6.45, 7) is 2.06. The molecule has 26 heavy (non-hydrogen) atoms. The van der Waals surface area contributed by atoms with E-state index in [0.29, 0.717) is 6.42 Å². The van der Waals surface area contributed by atoms with Crippen molar-refractivity contribution in [2.45, 2.75) is 18.9 Å². The lowest BCUT2D eigenvalue weighted by atomic mass is 9.90. The van der Waals surface area contributed by atoms with Crippen LogP contribution in [-0.2, 0) is 19.9 Å². The van der Waals surface area contributed by atoms with Crippen LogP contribution in [0.3, 0.4) is 0 Å². The highest BCUT2D eigenvalue weighted by Gasteiger charge is 2.31. The molecule has 7 heteroatoms. The van der Waals surface area contributed by atoms with Crippen LogP contribution in [0.25, 0.3) is 0 Å². The average Bonchev–Trinajstić information content (AvgIpc) is 2.66. The zero-order valence-corrected chi connectivity index (χ0v) is 15.3. The third kappa shape index (κ3) is 4.59. The topological polar surface area (TPSA) is 67.4 Å². The van der Waals surface area contributed by atoms with Gasteiger partial charge in [0.2, 0.25) is 0 Å². The second-order valence-corrected chi connectivity index (χ2v) is 6.09. The maximum Gasteiger partial charge on any atom is 0.313 e. The van der Waals surface area contributed by atoms with Gasteiger partial charge in [0.05, 0.1) is 11.6 Å². The van der Waals surface area contributed by atoms with Gasteiger partial charge < -0.3 is 15.4 Å². The van der Waals surface area contributed by atoms with Gasteiger partial charge in [0.25, 0.3) is 0 Å². The van der Waals surface area contributed by atoms with Crippen molar-refractivity contribution in [3.8, 4) is 0 Å². The molecule has 2 N–H and O–H groups in total. The van der Waals surface area contributed by atoms with Crippen molar-refractivity contribution >= 4 is 29.1 Å². The molecule has 2 rings (SSSR count). The molecule has 1 unspecified atom stereocenters. The number of hydrogen-bond donors (Lipinski definition) is 2. The van der Waals surface area contributed by atoms with Crippen molar-refractivity contribution in [2.24, 2.45) is 0 Å². The first kappa shape index (κ1) is 19.9. The number of anilines is 1. The van der Waals surface area contributed by atoms with Crippen molar-refractivity contribution in [1.82, 2.24) is 5.32 Å². The summed E-state index contributed by atoms with van der Waals surface area (Å²) in [5, 5.41) is 4.82. The van der Waals surface area contributed by atoms with Crippen molar-refractivity contribution in [3.05, 3.63) is 64.9 Å². The molecule has 2 aromatic rings. The number of halogens is 2. The molecule has 0 bridgehead atoms. The Bertz CT molecular complexity index is 780. The number of rotatable bonds is 6. The molecule has 2 aromatic carbocycles. The molecule has 0 aliphatic carbocycles. The smallest absolute Gasteiger partial charge is 0.313 e. The molecule has 0 aromatic heterocycles. The molecule has 0 radical (unpaired) electrons. The minimum Gasteiger partial charge on any atom is -0.372 e. The molecule has 0 saturated carbocycles. The molecular formula is C19H20ClFN2O3. The van der Waals surface area contributed by atoms with Crippen LogP contribution in [0, 0.1) is 5.82 Å². The van der Waals surface area contributed by atoms with E-state index in [0.717, 1.165) is 11.6 Å². The van der Waals surface area contributed by atoms with Gasteiger partial charge in [-0.2, -0.15) is 0 Å². The van der Waals surface area contributed by atoms with E-state index in [1.807, 2.05) is 37.3 Å². The van der Waals surface area contributed by atoms with Crippen LogP contribution in [0.2, 0.25) is 5.02 Å². The molecule has 0 saturated heterocycles. The number of amides is 2. The van der Waals surface area contributed by atoms with Gasteiger partial charge in [0.1, 0.15) is 11.4 Å². The normalized spacial score (nSPS) is 12.9. The lowest BCUT2D eigenvalue weighted by Gasteiger charge is -2.32. The maximum atomic E-state index is 13.1. The number of nitrogens with one attached hydrogen (secondary N) is 2. The van der Waals surface area contributed by atoms with E-state index in [1.54, 1.807) is 7.11 Å². The minimum atomic E-state index is -0.873. The Hall–Kier alpha value is -2.44. The standard InChI is InChI=1S/C19H20ClFN2O3/c1-3-19(26-2,13-7-5-4-6-8-13)12-22-17(24)18(25)23-14-9-10-16(21)15(20)11-14/h4-11H,3,12H2,1-2H3,(H,22,24)(H,23,25). The molecule has 1 atom stereocenters. The second kappa shape index (κ2) is 8.78. The number of carbonyl (C=O) groups is 2. The largest absolute Gasteiger partial charge is 0.372 e. The van der Waals surface area contributed by atoms with Gasteiger partial charge in [-0.1, -0.05) is 48.9 Å². The molecule has 138 valence electrons. The third-order valence-corrected chi connectivity index (χ3v) is 4.47. The first-order valence-corrected chi connectivity index (χ1v) is 8.44. The van der Waals surface area contributed by atoms with Gasteiger partial charge in [-0.3, -0.25) is 9.59 Å². The van der Waals surface area contributed by atoms with E-state index in [-0.39, 0.29) is 17.3 Å². The summed E-state index contributed by atoms with van der Waals surface area (Å²) in [5.74, 6) is -2.30. The Labute approximate surface area is 156 Å². The lowest BCUT2D eigenvalue weighted by molar-refractivity contribution is -0.137. The van der Waals surface area contributed by atoms with E-state index >= 15 is 0 Å². The second-order valence-electron chi connectivity index (χ2n) is 5.68. The summed E-state index contributed by atoms with van der Waals surface area (Å²) in [7, 11) is 1.56.